The van der Waals surface area contributed by atoms with Gasteiger partial charge in [-0.3, -0.25) is 9.69 Å². The minimum atomic E-state index is -0.175. The number of nitrogens with one attached hydrogen (secondary N) is 1. The first kappa shape index (κ1) is 18.1. The molecule has 1 aromatic carbocycles. The van der Waals surface area contributed by atoms with E-state index in [1.165, 1.54) is 0 Å². The zero-order valence-corrected chi connectivity index (χ0v) is 14.2. The van der Waals surface area contributed by atoms with Crippen LogP contribution in [0.25, 0.3) is 0 Å². The van der Waals surface area contributed by atoms with Gasteiger partial charge in [0.2, 0.25) is 0 Å². The van der Waals surface area contributed by atoms with Crippen LogP contribution in [0.3, 0.4) is 0 Å². The molecule has 0 radical (unpaired) electrons. The van der Waals surface area contributed by atoms with Crippen LogP contribution in [0, 0.1) is 0 Å². The van der Waals surface area contributed by atoms with Crippen molar-refractivity contribution < 1.29 is 9.53 Å². The Kier molecular flexibility index (Phi) is 7.86. The lowest BCUT2D eigenvalue weighted by atomic mass is 10.3. The van der Waals surface area contributed by atoms with Crippen molar-refractivity contribution in [3.8, 4) is 5.75 Å². The quantitative estimate of drug-likeness (QED) is 0.794. The lowest BCUT2D eigenvalue weighted by molar-refractivity contribution is -0.123. The maximum atomic E-state index is 11.7. The minimum Gasteiger partial charge on any atom is -0.482 e. The maximum absolute atomic E-state index is 11.7. The van der Waals surface area contributed by atoms with Crippen LogP contribution in [-0.4, -0.2) is 43.1 Å². The summed E-state index contributed by atoms with van der Waals surface area (Å²) in [6.45, 7) is 8.67. The van der Waals surface area contributed by atoms with Gasteiger partial charge < -0.3 is 10.1 Å². The van der Waals surface area contributed by atoms with Crippen molar-refractivity contribution in [3.63, 3.8) is 0 Å². The molecule has 0 unspecified atom stereocenters. The van der Waals surface area contributed by atoms with Crippen molar-refractivity contribution in [2.24, 2.45) is 0 Å². The lowest BCUT2D eigenvalue weighted by Crippen LogP contribution is -2.39. The predicted molar refractivity (Wildman–Crippen MR) is 87.3 cm³/mol. The van der Waals surface area contributed by atoms with Crippen molar-refractivity contribution in [2.45, 2.75) is 26.8 Å². The molecule has 0 aliphatic rings. The number of hydrogen-bond acceptors (Lipinski definition) is 3. The van der Waals surface area contributed by atoms with E-state index in [2.05, 4.69) is 31.0 Å². The summed E-state index contributed by atoms with van der Waals surface area (Å²) in [5.41, 5.74) is 0. The van der Waals surface area contributed by atoms with Crippen LogP contribution < -0.4 is 10.1 Å². The van der Waals surface area contributed by atoms with Gasteiger partial charge >= 0.3 is 0 Å². The molecular formula is C15H22Cl2N2O2. The second kappa shape index (κ2) is 9.13. The van der Waals surface area contributed by atoms with Crippen molar-refractivity contribution in [3.05, 3.63) is 28.2 Å². The van der Waals surface area contributed by atoms with E-state index in [4.69, 9.17) is 27.9 Å². The molecule has 0 saturated heterocycles. The first-order valence-corrected chi connectivity index (χ1v) is 7.78. The molecule has 0 spiro atoms. The molecule has 0 saturated carbocycles. The smallest absolute Gasteiger partial charge is 0.257 e. The second-order valence-corrected chi connectivity index (χ2v) is 5.78. The van der Waals surface area contributed by atoms with E-state index in [0.29, 0.717) is 28.4 Å². The third-order valence-corrected chi connectivity index (χ3v) is 3.66. The number of benzene rings is 1. The summed E-state index contributed by atoms with van der Waals surface area (Å²) in [6.07, 6.45) is 0. The van der Waals surface area contributed by atoms with Gasteiger partial charge in [0.1, 0.15) is 5.75 Å². The van der Waals surface area contributed by atoms with Gasteiger partial charge in [-0.1, -0.05) is 30.1 Å². The summed E-state index contributed by atoms with van der Waals surface area (Å²) in [5, 5.41) is 3.78. The molecule has 0 aliphatic carbocycles. The molecule has 0 bridgehead atoms. The number of likely N-dealkylation sites (N-methyl/N-ethyl adjacent to an activating group) is 1. The number of ether oxygens (including phenoxy) is 1. The number of carbonyl (C=O) groups is 1. The summed E-state index contributed by atoms with van der Waals surface area (Å²) in [7, 11) is 0. The first-order valence-electron chi connectivity index (χ1n) is 7.02. The fraction of sp³-hybridized carbons (Fsp3) is 0.533. The van der Waals surface area contributed by atoms with Crippen molar-refractivity contribution in [2.75, 3.05) is 26.2 Å². The van der Waals surface area contributed by atoms with Crippen LogP contribution >= 0.6 is 23.2 Å². The summed E-state index contributed by atoms with van der Waals surface area (Å²) < 4.78 is 5.37. The standard InChI is InChI=1S/C15H22Cl2N2O2/c1-4-19(11(2)3)8-7-18-15(20)10-21-14-9-12(16)5-6-13(14)17/h5-6,9,11H,4,7-8,10H2,1-3H3,(H,18,20). The van der Waals surface area contributed by atoms with Gasteiger partial charge in [0.15, 0.2) is 6.61 Å². The highest BCUT2D eigenvalue weighted by Gasteiger charge is 2.09. The molecule has 0 atom stereocenters. The van der Waals surface area contributed by atoms with E-state index < -0.39 is 0 Å². The zero-order chi connectivity index (χ0) is 15.8. The molecule has 1 rings (SSSR count). The average Bonchev–Trinajstić information content (AvgIpc) is 2.44. The fourth-order valence-electron chi connectivity index (χ4n) is 1.90. The molecule has 1 aromatic rings. The molecule has 0 aliphatic heterocycles. The molecule has 1 N–H and O–H groups in total. The van der Waals surface area contributed by atoms with Crippen LogP contribution in [0.5, 0.6) is 5.75 Å². The monoisotopic (exact) mass is 332 g/mol. The van der Waals surface area contributed by atoms with Gasteiger partial charge in [0, 0.05) is 30.2 Å². The second-order valence-electron chi connectivity index (χ2n) is 4.94. The highest BCUT2D eigenvalue weighted by atomic mass is 35.5. The van der Waals surface area contributed by atoms with Crippen LogP contribution in [0.15, 0.2) is 18.2 Å². The topological polar surface area (TPSA) is 41.6 Å². The first-order chi connectivity index (χ1) is 9.93. The number of halogens is 2. The Hall–Kier alpha value is -0.970. The Balaban J connectivity index is 2.33. The van der Waals surface area contributed by atoms with Crippen molar-refractivity contribution >= 4 is 29.1 Å². The van der Waals surface area contributed by atoms with Gasteiger partial charge in [-0.15, -0.1) is 0 Å². The normalized spacial score (nSPS) is 11.0. The molecule has 6 heteroatoms. The number of amides is 1. The van der Waals surface area contributed by atoms with Gasteiger partial charge in [-0.25, -0.2) is 0 Å². The van der Waals surface area contributed by atoms with Gasteiger partial charge in [-0.2, -0.15) is 0 Å². The Bertz CT molecular complexity index is 467. The number of hydrogen-bond donors (Lipinski definition) is 1. The Morgan fingerprint density at radius 2 is 2.10 bits per heavy atom. The van der Waals surface area contributed by atoms with Crippen molar-refractivity contribution in [1.82, 2.24) is 10.2 Å². The Morgan fingerprint density at radius 1 is 1.38 bits per heavy atom. The SMILES string of the molecule is CCN(CCNC(=O)COc1cc(Cl)ccc1Cl)C(C)C. The molecule has 0 fully saturated rings. The Morgan fingerprint density at radius 3 is 2.71 bits per heavy atom. The molecule has 0 aromatic heterocycles. The molecule has 1 amide bonds. The maximum Gasteiger partial charge on any atom is 0.257 e. The van der Waals surface area contributed by atoms with E-state index in [1.807, 2.05) is 0 Å². The van der Waals surface area contributed by atoms with Gasteiger partial charge in [-0.05, 0) is 32.5 Å². The number of nitrogens with zero attached hydrogens (tertiary/aromatic N) is 1. The summed E-state index contributed by atoms with van der Waals surface area (Å²) in [5.74, 6) is 0.238. The van der Waals surface area contributed by atoms with E-state index in [1.54, 1.807) is 18.2 Å². The van der Waals surface area contributed by atoms with Crippen LogP contribution in [0.4, 0.5) is 0 Å². The molecule has 4 nitrogen and oxygen atoms in total. The predicted octanol–water partition coefficient (Wildman–Crippen LogP) is 3.22. The summed E-state index contributed by atoms with van der Waals surface area (Å²) >= 11 is 11.8. The Labute approximate surface area is 136 Å². The summed E-state index contributed by atoms with van der Waals surface area (Å²) in [4.78, 5) is 14.0. The fourth-order valence-corrected chi connectivity index (χ4v) is 2.24. The molecule has 0 heterocycles. The number of rotatable bonds is 8. The van der Waals surface area contributed by atoms with Gasteiger partial charge in [0.05, 0.1) is 5.02 Å². The van der Waals surface area contributed by atoms with Crippen LogP contribution in [-0.2, 0) is 4.79 Å². The summed E-state index contributed by atoms with van der Waals surface area (Å²) in [6, 6.07) is 5.36. The third kappa shape index (κ3) is 6.55. The van der Waals surface area contributed by atoms with Gasteiger partial charge in [0.25, 0.3) is 5.91 Å². The average molecular weight is 333 g/mol. The van der Waals surface area contributed by atoms with Crippen molar-refractivity contribution in [1.29, 1.82) is 0 Å². The molecule has 21 heavy (non-hydrogen) atoms. The van der Waals surface area contributed by atoms with E-state index in [9.17, 15) is 4.79 Å². The highest BCUT2D eigenvalue weighted by Crippen LogP contribution is 2.27. The minimum absolute atomic E-state index is 0.0755. The lowest BCUT2D eigenvalue weighted by Gasteiger charge is -2.24. The zero-order valence-electron chi connectivity index (χ0n) is 12.7. The van der Waals surface area contributed by atoms with E-state index in [0.717, 1.165) is 13.1 Å². The van der Waals surface area contributed by atoms with E-state index >= 15 is 0 Å². The third-order valence-electron chi connectivity index (χ3n) is 3.11. The largest absolute Gasteiger partial charge is 0.482 e. The van der Waals surface area contributed by atoms with Crippen LogP contribution in [0.2, 0.25) is 10.0 Å². The van der Waals surface area contributed by atoms with E-state index in [-0.39, 0.29) is 12.5 Å². The number of carbonyl (C=O) groups excluding carboxylic acids is 1. The highest BCUT2D eigenvalue weighted by molar-refractivity contribution is 6.34. The molecular weight excluding hydrogens is 311 g/mol. The van der Waals surface area contributed by atoms with Crippen LogP contribution in [0.1, 0.15) is 20.8 Å². The molecule has 118 valence electrons.